The number of nitrogens with one attached hydrogen (secondary N) is 1. The third-order valence-electron chi connectivity index (χ3n) is 4.98. The molecule has 0 aromatic heterocycles. The molecule has 1 amide bonds. The van der Waals surface area contributed by atoms with Crippen LogP contribution in [0.2, 0.25) is 0 Å². The summed E-state index contributed by atoms with van der Waals surface area (Å²) < 4.78 is 5.83. The number of aryl methyl sites for hydroxylation is 1. The van der Waals surface area contributed by atoms with Gasteiger partial charge in [-0.3, -0.25) is 4.79 Å². The molecule has 5 N–H and O–H groups in total. The first-order valence-electron chi connectivity index (χ1n) is 11.2. The summed E-state index contributed by atoms with van der Waals surface area (Å²) in [5, 5.41) is 2.74. The van der Waals surface area contributed by atoms with Gasteiger partial charge in [-0.25, -0.2) is 0 Å². The highest BCUT2D eigenvalue weighted by molar-refractivity contribution is 5.75. The van der Waals surface area contributed by atoms with Crippen LogP contribution in [-0.2, 0) is 24.2 Å². The van der Waals surface area contributed by atoms with Gasteiger partial charge in [0.25, 0.3) is 0 Å². The van der Waals surface area contributed by atoms with E-state index in [0.29, 0.717) is 25.3 Å². The number of carbonyl (C=O) groups excluding carboxylic acids is 1. The van der Waals surface area contributed by atoms with Crippen molar-refractivity contribution in [1.82, 2.24) is 0 Å². The van der Waals surface area contributed by atoms with Crippen LogP contribution in [0.25, 0.3) is 0 Å². The standard InChI is InChI=1S/C19H23NO2.C8H12N2/c1-2-3-5-8-16-11-12-19(18(13-16)20-15-21)22-14-17-9-6-4-7-10-17;9-6-5-7-1-3-8(10)4-2-7/h4,6-7,9-13,15H,2-3,5,8,14H2,1H3,(H,20,21);1-4H,5-6,9-10H2. The molecule has 0 saturated carbocycles. The molecule has 5 nitrogen and oxygen atoms in total. The van der Waals surface area contributed by atoms with Crippen LogP contribution in [0.5, 0.6) is 5.75 Å². The highest BCUT2D eigenvalue weighted by Crippen LogP contribution is 2.27. The van der Waals surface area contributed by atoms with Gasteiger partial charge >= 0.3 is 0 Å². The monoisotopic (exact) mass is 433 g/mol. The zero-order valence-electron chi connectivity index (χ0n) is 18.9. The molecule has 0 unspecified atom stereocenters. The molecule has 0 bridgehead atoms. The molecule has 32 heavy (non-hydrogen) atoms. The number of benzene rings is 3. The molecule has 170 valence electrons. The van der Waals surface area contributed by atoms with Gasteiger partial charge in [-0.1, -0.05) is 68.3 Å². The Morgan fingerprint density at radius 1 is 0.875 bits per heavy atom. The third kappa shape index (κ3) is 9.23. The summed E-state index contributed by atoms with van der Waals surface area (Å²) >= 11 is 0. The lowest BCUT2D eigenvalue weighted by molar-refractivity contribution is -0.105. The Morgan fingerprint density at radius 3 is 2.25 bits per heavy atom. The summed E-state index contributed by atoms with van der Waals surface area (Å²) in [4.78, 5) is 10.8. The number of unbranched alkanes of at least 4 members (excludes halogenated alkanes) is 2. The predicted molar refractivity (Wildman–Crippen MR) is 134 cm³/mol. The Balaban J connectivity index is 0.000000303. The van der Waals surface area contributed by atoms with Crippen molar-refractivity contribution < 1.29 is 9.53 Å². The molecular weight excluding hydrogens is 398 g/mol. The topological polar surface area (TPSA) is 90.4 Å². The van der Waals surface area contributed by atoms with Crippen LogP contribution in [0, 0.1) is 0 Å². The molecule has 0 atom stereocenters. The van der Waals surface area contributed by atoms with Gasteiger partial charge in [0.1, 0.15) is 12.4 Å². The van der Waals surface area contributed by atoms with Gasteiger partial charge in [0, 0.05) is 5.69 Å². The van der Waals surface area contributed by atoms with E-state index in [9.17, 15) is 4.79 Å². The maximum Gasteiger partial charge on any atom is 0.211 e. The predicted octanol–water partition coefficient (Wildman–Crippen LogP) is 5.34. The van der Waals surface area contributed by atoms with E-state index in [1.165, 1.54) is 30.4 Å². The van der Waals surface area contributed by atoms with Gasteiger partial charge in [0.2, 0.25) is 6.41 Å². The number of ether oxygens (including phenoxy) is 1. The molecule has 0 saturated heterocycles. The minimum absolute atomic E-state index is 0.490. The zero-order chi connectivity index (χ0) is 23.0. The minimum atomic E-state index is 0.490. The molecule has 3 rings (SSSR count). The Kier molecular flexibility index (Phi) is 11.4. The largest absolute Gasteiger partial charge is 0.487 e. The van der Waals surface area contributed by atoms with Crippen LogP contribution in [0.3, 0.4) is 0 Å². The normalized spacial score (nSPS) is 10.1. The van der Waals surface area contributed by atoms with Crippen molar-refractivity contribution in [2.75, 3.05) is 17.6 Å². The second-order valence-corrected chi connectivity index (χ2v) is 7.60. The summed E-state index contributed by atoms with van der Waals surface area (Å²) in [7, 11) is 0. The van der Waals surface area contributed by atoms with E-state index in [-0.39, 0.29) is 0 Å². The van der Waals surface area contributed by atoms with E-state index in [4.69, 9.17) is 16.2 Å². The first-order valence-corrected chi connectivity index (χ1v) is 11.2. The number of anilines is 2. The van der Waals surface area contributed by atoms with E-state index in [1.54, 1.807) is 0 Å². The van der Waals surface area contributed by atoms with Gasteiger partial charge in [-0.2, -0.15) is 0 Å². The van der Waals surface area contributed by atoms with Gasteiger partial charge in [0.05, 0.1) is 5.69 Å². The lowest BCUT2D eigenvalue weighted by Crippen LogP contribution is -2.02. The average Bonchev–Trinajstić information content (AvgIpc) is 2.82. The van der Waals surface area contributed by atoms with Crippen molar-refractivity contribution in [2.45, 2.75) is 45.6 Å². The maximum absolute atomic E-state index is 10.8. The fourth-order valence-corrected chi connectivity index (χ4v) is 3.20. The van der Waals surface area contributed by atoms with E-state index < -0.39 is 0 Å². The van der Waals surface area contributed by atoms with Crippen LogP contribution in [0.1, 0.15) is 42.9 Å². The average molecular weight is 434 g/mol. The molecule has 5 heteroatoms. The van der Waals surface area contributed by atoms with Gasteiger partial charge in [0.15, 0.2) is 0 Å². The van der Waals surface area contributed by atoms with E-state index in [2.05, 4.69) is 18.3 Å². The number of nitrogens with two attached hydrogens (primary N) is 2. The Bertz CT molecular complexity index is 912. The zero-order valence-corrected chi connectivity index (χ0v) is 18.9. The molecule has 0 fully saturated rings. The van der Waals surface area contributed by atoms with Crippen LogP contribution in [-0.4, -0.2) is 13.0 Å². The van der Waals surface area contributed by atoms with Crippen molar-refractivity contribution in [1.29, 1.82) is 0 Å². The Morgan fingerprint density at radius 2 is 1.59 bits per heavy atom. The second kappa shape index (κ2) is 14.7. The van der Waals surface area contributed by atoms with Gasteiger partial charge < -0.3 is 21.5 Å². The second-order valence-electron chi connectivity index (χ2n) is 7.60. The van der Waals surface area contributed by atoms with Crippen LogP contribution < -0.4 is 21.5 Å². The number of carbonyl (C=O) groups is 1. The van der Waals surface area contributed by atoms with Gasteiger partial charge in [-0.05, 0) is 66.8 Å². The molecule has 0 spiro atoms. The lowest BCUT2D eigenvalue weighted by Gasteiger charge is -2.12. The molecule has 0 heterocycles. The molecule has 3 aromatic rings. The van der Waals surface area contributed by atoms with Crippen molar-refractivity contribution in [3.63, 3.8) is 0 Å². The SMILES string of the molecule is CCCCCc1ccc(OCc2ccccc2)c(NC=O)c1.NCCc1ccc(N)cc1. The highest BCUT2D eigenvalue weighted by atomic mass is 16.5. The number of rotatable bonds is 11. The van der Waals surface area contributed by atoms with Crippen molar-refractivity contribution in [3.05, 3.63) is 89.5 Å². The fourth-order valence-electron chi connectivity index (χ4n) is 3.20. The van der Waals surface area contributed by atoms with Crippen molar-refractivity contribution in [2.24, 2.45) is 5.73 Å². The molecule has 0 aliphatic heterocycles. The van der Waals surface area contributed by atoms with E-state index in [1.807, 2.05) is 66.7 Å². The first kappa shape index (κ1) is 25.0. The number of amides is 1. The maximum atomic E-state index is 10.8. The van der Waals surface area contributed by atoms with Crippen molar-refractivity contribution in [3.8, 4) is 5.75 Å². The van der Waals surface area contributed by atoms with E-state index in [0.717, 1.165) is 29.8 Å². The Hall–Kier alpha value is -3.31. The summed E-state index contributed by atoms with van der Waals surface area (Å²) in [6, 6.07) is 23.8. The first-order chi connectivity index (χ1) is 15.7. The molecule has 0 aliphatic rings. The van der Waals surface area contributed by atoms with Crippen LogP contribution in [0.4, 0.5) is 11.4 Å². The number of nitrogen functional groups attached to an aromatic ring is 1. The van der Waals surface area contributed by atoms with E-state index >= 15 is 0 Å². The molecule has 0 radical (unpaired) electrons. The van der Waals surface area contributed by atoms with Crippen LogP contribution >= 0.6 is 0 Å². The Labute approximate surface area is 191 Å². The number of hydrogen-bond donors (Lipinski definition) is 3. The summed E-state index contributed by atoms with van der Waals surface area (Å²) in [5.41, 5.74) is 16.0. The molecule has 0 aliphatic carbocycles. The fraction of sp³-hybridized carbons (Fsp3) is 0.296. The van der Waals surface area contributed by atoms with Crippen LogP contribution in [0.15, 0.2) is 72.8 Å². The van der Waals surface area contributed by atoms with Crippen molar-refractivity contribution >= 4 is 17.8 Å². The summed E-state index contributed by atoms with van der Waals surface area (Å²) in [5.74, 6) is 0.704. The molecule has 3 aromatic carbocycles. The molecular formula is C27H35N3O2. The summed E-state index contributed by atoms with van der Waals surface area (Å²) in [6.07, 6.45) is 6.25. The quantitative estimate of drug-likeness (QED) is 0.216. The highest BCUT2D eigenvalue weighted by Gasteiger charge is 2.06. The number of hydrogen-bond acceptors (Lipinski definition) is 4. The summed E-state index contributed by atoms with van der Waals surface area (Å²) in [6.45, 7) is 3.38. The lowest BCUT2D eigenvalue weighted by atomic mass is 10.1. The minimum Gasteiger partial charge on any atom is -0.487 e. The smallest absolute Gasteiger partial charge is 0.211 e. The third-order valence-corrected chi connectivity index (χ3v) is 4.98. The van der Waals surface area contributed by atoms with Gasteiger partial charge in [-0.15, -0.1) is 0 Å².